The summed E-state index contributed by atoms with van der Waals surface area (Å²) in [6.07, 6.45) is 0. The monoisotopic (exact) mass is 468 g/mol. The minimum absolute atomic E-state index is 0. The van der Waals surface area contributed by atoms with Crippen molar-refractivity contribution in [3.63, 3.8) is 0 Å². The molecular weight excluding hydrogens is 467 g/mol. The molecule has 0 aromatic rings. The average molecular weight is 467 g/mol. The minimum atomic E-state index is -5.17. The standard InChI is InChI=1S/2Ba.2H2O4S/c;;2*1-5(2,3)4/h;;2*(H2,1,2,3,4)/q2*+2;;/p-4. The van der Waals surface area contributed by atoms with Crippen LogP contribution in [0.1, 0.15) is 0 Å². The van der Waals surface area contributed by atoms with Crippen LogP contribution in [-0.2, 0) is 20.8 Å². The molecule has 0 bridgehead atoms. The maximum Gasteiger partial charge on any atom is 2.00 e. The van der Waals surface area contributed by atoms with Gasteiger partial charge in [0, 0.05) is 20.8 Å². The molecule has 0 aliphatic carbocycles. The second-order valence-electron chi connectivity index (χ2n) is 0.816. The van der Waals surface area contributed by atoms with Crippen LogP contribution in [0, 0.1) is 0 Å². The van der Waals surface area contributed by atoms with Crippen LogP contribution in [0.2, 0.25) is 0 Å². The van der Waals surface area contributed by atoms with Gasteiger partial charge in [0.1, 0.15) is 0 Å². The maximum atomic E-state index is 8.52. The fraction of sp³-hybridized carbons (Fsp3) is 0. The Labute approximate surface area is 150 Å². The Bertz CT molecular complexity index is 211. The van der Waals surface area contributed by atoms with E-state index in [1.165, 1.54) is 0 Å². The molecule has 0 radical (unpaired) electrons. The van der Waals surface area contributed by atoms with Crippen molar-refractivity contribution in [3.8, 4) is 0 Å². The molecule has 8 nitrogen and oxygen atoms in total. The van der Waals surface area contributed by atoms with E-state index in [1.807, 2.05) is 0 Å². The molecule has 0 aromatic carbocycles. The van der Waals surface area contributed by atoms with E-state index in [0.717, 1.165) is 0 Å². The Morgan fingerprint density at radius 1 is 0.583 bits per heavy atom. The van der Waals surface area contributed by atoms with E-state index in [4.69, 9.17) is 35.0 Å². The summed E-state index contributed by atoms with van der Waals surface area (Å²) in [6, 6.07) is 0. The average Bonchev–Trinajstić information content (AvgIpc) is 1.12. The van der Waals surface area contributed by atoms with Gasteiger partial charge in [0.2, 0.25) is 0 Å². The zero-order valence-corrected chi connectivity index (χ0v) is 16.0. The molecule has 0 aromatic heterocycles. The van der Waals surface area contributed by atoms with Crippen molar-refractivity contribution in [1.82, 2.24) is 0 Å². The van der Waals surface area contributed by atoms with E-state index in [2.05, 4.69) is 0 Å². The third kappa shape index (κ3) is 219. The molecule has 12 heavy (non-hydrogen) atoms. The smallest absolute Gasteiger partial charge is 0.759 e. The summed E-state index contributed by atoms with van der Waals surface area (Å²) in [4.78, 5) is 0. The summed E-state index contributed by atoms with van der Waals surface area (Å²) < 4.78 is 68.2. The van der Waals surface area contributed by atoms with Gasteiger partial charge in [-0.3, -0.25) is 16.8 Å². The predicted molar refractivity (Wildman–Crippen MR) is 32.5 cm³/mol. The van der Waals surface area contributed by atoms with Crippen molar-refractivity contribution >= 4 is 119 Å². The van der Waals surface area contributed by atoms with Crippen molar-refractivity contribution in [2.24, 2.45) is 0 Å². The van der Waals surface area contributed by atoms with Gasteiger partial charge in [0.25, 0.3) is 0 Å². The van der Waals surface area contributed by atoms with Gasteiger partial charge >= 0.3 is 97.8 Å². The van der Waals surface area contributed by atoms with E-state index in [1.54, 1.807) is 0 Å². The molecule has 0 saturated carbocycles. The normalized spacial score (nSPS) is 9.67. The van der Waals surface area contributed by atoms with E-state index in [9.17, 15) is 0 Å². The topological polar surface area (TPSA) is 161 Å². The van der Waals surface area contributed by atoms with Crippen molar-refractivity contribution in [1.29, 1.82) is 0 Å². The molecule has 0 saturated heterocycles. The first-order valence-corrected chi connectivity index (χ1v) is 4.00. The molecule has 0 aliphatic heterocycles. The van der Waals surface area contributed by atoms with Gasteiger partial charge in [-0.15, -0.1) is 0 Å². The van der Waals surface area contributed by atoms with Gasteiger partial charge in [-0.25, -0.2) is 0 Å². The summed E-state index contributed by atoms with van der Waals surface area (Å²) in [5.74, 6) is 0. The van der Waals surface area contributed by atoms with Crippen LogP contribution in [0.15, 0.2) is 0 Å². The first kappa shape index (κ1) is 24.2. The molecule has 0 rings (SSSR count). The van der Waals surface area contributed by atoms with Gasteiger partial charge in [-0.05, 0) is 0 Å². The van der Waals surface area contributed by atoms with Crippen molar-refractivity contribution < 1.29 is 35.0 Å². The SMILES string of the molecule is O=S(=O)([O-])[O-].O=S(=O)([O-])[O-].[Ba+2].[Ba+2]. The van der Waals surface area contributed by atoms with Crippen LogP contribution < -0.4 is 0 Å². The van der Waals surface area contributed by atoms with Gasteiger partial charge in [0.05, 0.1) is 0 Å². The van der Waals surface area contributed by atoms with Crippen molar-refractivity contribution in [2.45, 2.75) is 0 Å². The number of hydrogen-bond acceptors (Lipinski definition) is 8. The third-order valence-electron chi connectivity index (χ3n) is 0. The van der Waals surface area contributed by atoms with Crippen LogP contribution >= 0.6 is 0 Å². The molecule has 0 unspecified atom stereocenters. The summed E-state index contributed by atoms with van der Waals surface area (Å²) in [5, 5.41) is 0. The van der Waals surface area contributed by atoms with E-state index in [-0.39, 0.29) is 97.8 Å². The Kier molecular flexibility index (Phi) is 21.0. The van der Waals surface area contributed by atoms with Crippen molar-refractivity contribution in [3.05, 3.63) is 0 Å². The second-order valence-corrected chi connectivity index (χ2v) is 2.45. The summed E-state index contributed by atoms with van der Waals surface area (Å²) in [7, 11) is -10.3. The predicted octanol–water partition coefficient (Wildman–Crippen LogP) is -3.44. The van der Waals surface area contributed by atoms with Crippen LogP contribution in [0.25, 0.3) is 0 Å². The number of hydrogen-bond donors (Lipinski definition) is 0. The summed E-state index contributed by atoms with van der Waals surface area (Å²) >= 11 is 0. The van der Waals surface area contributed by atoms with Gasteiger partial charge < -0.3 is 18.2 Å². The number of rotatable bonds is 0. The Morgan fingerprint density at radius 2 is 0.583 bits per heavy atom. The van der Waals surface area contributed by atoms with Gasteiger partial charge in [0.15, 0.2) is 0 Å². The van der Waals surface area contributed by atoms with E-state index < -0.39 is 20.8 Å². The van der Waals surface area contributed by atoms with Crippen LogP contribution in [0.5, 0.6) is 0 Å². The molecule has 0 N–H and O–H groups in total. The Balaban J connectivity index is -0.0000000457. The molecule has 0 amide bonds. The first-order chi connectivity index (χ1) is 4.00. The van der Waals surface area contributed by atoms with Gasteiger partial charge in [-0.2, -0.15) is 0 Å². The fourth-order valence-electron chi connectivity index (χ4n) is 0. The fourth-order valence-corrected chi connectivity index (χ4v) is 0. The largest absolute Gasteiger partial charge is 2.00 e. The Hall–Kier alpha value is 2.88. The molecule has 0 atom stereocenters. The van der Waals surface area contributed by atoms with E-state index >= 15 is 0 Å². The summed E-state index contributed by atoms with van der Waals surface area (Å²) in [6.45, 7) is 0. The molecule has 0 spiro atoms. The molecule has 0 aliphatic rings. The minimum Gasteiger partial charge on any atom is -0.759 e. The maximum absolute atomic E-state index is 8.52. The van der Waals surface area contributed by atoms with Crippen LogP contribution in [-0.4, -0.2) is 133 Å². The molecule has 0 fully saturated rings. The molecule has 64 valence electrons. The van der Waals surface area contributed by atoms with Crippen LogP contribution in [0.3, 0.4) is 0 Å². The molecular formula is Ba2O8S2. The quantitative estimate of drug-likeness (QED) is 0.202. The molecule has 0 heterocycles. The van der Waals surface area contributed by atoms with E-state index in [0.29, 0.717) is 0 Å². The second kappa shape index (κ2) is 10.4. The first-order valence-electron chi connectivity index (χ1n) is 1.33. The van der Waals surface area contributed by atoms with Crippen LogP contribution in [0.4, 0.5) is 0 Å². The summed E-state index contributed by atoms with van der Waals surface area (Å²) in [5.41, 5.74) is 0. The van der Waals surface area contributed by atoms with Gasteiger partial charge in [-0.1, -0.05) is 0 Å². The molecule has 12 heteroatoms. The third-order valence-corrected chi connectivity index (χ3v) is 0. The Morgan fingerprint density at radius 3 is 0.583 bits per heavy atom. The van der Waals surface area contributed by atoms with Crippen molar-refractivity contribution in [2.75, 3.05) is 0 Å². The zero-order chi connectivity index (χ0) is 9.00. The zero-order valence-electron chi connectivity index (χ0n) is 5.50.